The van der Waals surface area contributed by atoms with Crippen molar-refractivity contribution in [3.8, 4) is 0 Å². The van der Waals surface area contributed by atoms with E-state index in [9.17, 15) is 0 Å². The second-order valence-corrected chi connectivity index (χ2v) is 4.49. The van der Waals surface area contributed by atoms with E-state index < -0.39 is 0 Å². The highest BCUT2D eigenvalue weighted by atomic mass is 14.6. The van der Waals surface area contributed by atoms with Gasteiger partial charge in [-0.15, -0.1) is 0 Å². The number of nitrogens with zero attached hydrogens (tertiary/aromatic N) is 1. The van der Waals surface area contributed by atoms with E-state index >= 15 is 0 Å². The molecule has 1 aromatic rings. The summed E-state index contributed by atoms with van der Waals surface area (Å²) in [6.45, 7) is 2.27. The van der Waals surface area contributed by atoms with Crippen LogP contribution in [0.1, 0.15) is 63.9 Å². The van der Waals surface area contributed by atoms with Gasteiger partial charge in [0.25, 0.3) is 0 Å². The first-order valence-electron chi connectivity index (χ1n) is 6.74. The maximum absolute atomic E-state index is 4.10. The van der Waals surface area contributed by atoms with Crippen LogP contribution in [-0.2, 0) is 6.42 Å². The zero-order chi connectivity index (χ0) is 11.5. The molecule has 0 amide bonds. The maximum Gasteiger partial charge on any atom is 0.0306 e. The molecule has 89 valence electrons. The van der Waals surface area contributed by atoms with Crippen molar-refractivity contribution in [3.63, 3.8) is 0 Å². The molecule has 0 saturated carbocycles. The van der Waals surface area contributed by atoms with E-state index in [1.807, 2.05) is 12.3 Å². The highest BCUT2D eigenvalue weighted by Gasteiger charge is 1.94. The Balaban J connectivity index is 1.89. The molecule has 1 aromatic heterocycles. The molecule has 1 rings (SSSR count). The van der Waals surface area contributed by atoms with Crippen molar-refractivity contribution in [2.45, 2.75) is 64.7 Å². The second kappa shape index (κ2) is 9.38. The maximum atomic E-state index is 4.10. The molecule has 0 saturated heterocycles. The lowest BCUT2D eigenvalue weighted by molar-refractivity contribution is 0.575. The standard InChI is InChI=1S/C15H24N/c1-2-3-4-5-6-7-8-9-11-15-12-10-13-16-14-15/h10,13-14H,2-9,11H2,1H3. The van der Waals surface area contributed by atoms with Crippen LogP contribution in [0.15, 0.2) is 18.5 Å². The van der Waals surface area contributed by atoms with Crippen LogP contribution in [0.4, 0.5) is 0 Å². The summed E-state index contributed by atoms with van der Waals surface area (Å²) in [6, 6.07) is 5.13. The first kappa shape index (κ1) is 13.2. The van der Waals surface area contributed by atoms with Crippen LogP contribution in [0.25, 0.3) is 0 Å². The number of aryl methyl sites for hydroxylation is 1. The molecule has 1 radical (unpaired) electrons. The van der Waals surface area contributed by atoms with Crippen molar-refractivity contribution in [2.75, 3.05) is 0 Å². The van der Waals surface area contributed by atoms with Gasteiger partial charge in [-0.1, -0.05) is 51.9 Å². The first-order valence-corrected chi connectivity index (χ1v) is 6.74. The molecule has 0 N–H and O–H groups in total. The Morgan fingerprint density at radius 1 is 1.00 bits per heavy atom. The fraction of sp³-hybridized carbons (Fsp3) is 0.667. The summed E-state index contributed by atoms with van der Waals surface area (Å²) in [7, 11) is 0. The van der Waals surface area contributed by atoms with E-state index in [-0.39, 0.29) is 0 Å². The van der Waals surface area contributed by atoms with Crippen molar-refractivity contribution in [1.82, 2.24) is 4.98 Å². The average Bonchev–Trinajstić information content (AvgIpc) is 2.34. The molecule has 0 aromatic carbocycles. The van der Waals surface area contributed by atoms with Crippen LogP contribution >= 0.6 is 0 Å². The quantitative estimate of drug-likeness (QED) is 0.553. The summed E-state index contributed by atoms with van der Waals surface area (Å²) >= 11 is 0. The molecule has 0 bridgehead atoms. The van der Waals surface area contributed by atoms with E-state index in [1.165, 1.54) is 56.9 Å². The Kier molecular flexibility index (Phi) is 7.75. The molecular weight excluding hydrogens is 194 g/mol. The van der Waals surface area contributed by atoms with Gasteiger partial charge in [-0.05, 0) is 30.5 Å². The van der Waals surface area contributed by atoms with E-state index in [4.69, 9.17) is 0 Å². The molecule has 0 aliphatic heterocycles. The molecule has 0 aliphatic rings. The van der Waals surface area contributed by atoms with Gasteiger partial charge in [0, 0.05) is 12.4 Å². The van der Waals surface area contributed by atoms with E-state index in [2.05, 4.69) is 18.0 Å². The Morgan fingerprint density at radius 3 is 2.31 bits per heavy atom. The van der Waals surface area contributed by atoms with Crippen molar-refractivity contribution >= 4 is 0 Å². The largest absolute Gasteiger partial charge is 0.264 e. The monoisotopic (exact) mass is 218 g/mol. The molecule has 16 heavy (non-hydrogen) atoms. The lowest BCUT2D eigenvalue weighted by Crippen LogP contribution is -1.87. The van der Waals surface area contributed by atoms with Gasteiger partial charge < -0.3 is 0 Å². The van der Waals surface area contributed by atoms with Crippen molar-refractivity contribution in [2.24, 2.45) is 0 Å². The van der Waals surface area contributed by atoms with Gasteiger partial charge in [-0.25, -0.2) is 0 Å². The number of hydrogen-bond acceptors (Lipinski definition) is 1. The smallest absolute Gasteiger partial charge is 0.0306 e. The third kappa shape index (κ3) is 6.60. The van der Waals surface area contributed by atoms with Crippen LogP contribution in [0.5, 0.6) is 0 Å². The van der Waals surface area contributed by atoms with Gasteiger partial charge in [-0.3, -0.25) is 4.98 Å². The van der Waals surface area contributed by atoms with Gasteiger partial charge in [0.2, 0.25) is 0 Å². The summed E-state index contributed by atoms with van der Waals surface area (Å²) < 4.78 is 0. The second-order valence-electron chi connectivity index (χ2n) is 4.49. The zero-order valence-corrected chi connectivity index (χ0v) is 10.5. The van der Waals surface area contributed by atoms with Crippen LogP contribution in [0.2, 0.25) is 0 Å². The molecule has 1 heteroatoms. The van der Waals surface area contributed by atoms with Gasteiger partial charge in [0.15, 0.2) is 0 Å². The van der Waals surface area contributed by atoms with Gasteiger partial charge in [-0.2, -0.15) is 0 Å². The number of unbranched alkanes of at least 4 members (excludes halogenated alkanes) is 7. The summed E-state index contributed by atoms with van der Waals surface area (Å²) in [6.07, 6.45) is 15.9. The molecular formula is C15H24N. The number of pyridine rings is 1. The molecule has 0 spiro atoms. The fourth-order valence-electron chi connectivity index (χ4n) is 1.94. The number of rotatable bonds is 9. The van der Waals surface area contributed by atoms with E-state index in [0.717, 1.165) is 6.42 Å². The SMILES string of the molecule is CCCCCCCCCCc1[c]ccnc1. The minimum absolute atomic E-state index is 1.14. The summed E-state index contributed by atoms with van der Waals surface area (Å²) in [5, 5.41) is 0. The van der Waals surface area contributed by atoms with Crippen molar-refractivity contribution < 1.29 is 0 Å². The normalized spacial score (nSPS) is 10.6. The predicted molar refractivity (Wildman–Crippen MR) is 69.4 cm³/mol. The summed E-state index contributed by atoms with van der Waals surface area (Å²) in [4.78, 5) is 4.10. The number of aromatic nitrogens is 1. The Bertz CT molecular complexity index is 243. The lowest BCUT2D eigenvalue weighted by Gasteiger charge is -2.01. The third-order valence-electron chi connectivity index (χ3n) is 2.96. The summed E-state index contributed by atoms with van der Waals surface area (Å²) in [5.74, 6) is 0. The van der Waals surface area contributed by atoms with Crippen LogP contribution in [0, 0.1) is 6.07 Å². The van der Waals surface area contributed by atoms with Gasteiger partial charge >= 0.3 is 0 Å². The molecule has 1 nitrogen and oxygen atoms in total. The van der Waals surface area contributed by atoms with Gasteiger partial charge in [0.05, 0.1) is 0 Å². The predicted octanol–water partition coefficient (Wildman–Crippen LogP) is 4.56. The Labute approximate surface area is 100 Å². The van der Waals surface area contributed by atoms with Crippen LogP contribution < -0.4 is 0 Å². The van der Waals surface area contributed by atoms with Gasteiger partial charge in [0.1, 0.15) is 0 Å². The van der Waals surface area contributed by atoms with Crippen LogP contribution in [0.3, 0.4) is 0 Å². The van der Waals surface area contributed by atoms with E-state index in [1.54, 1.807) is 6.20 Å². The molecule has 0 unspecified atom stereocenters. The highest BCUT2D eigenvalue weighted by molar-refractivity contribution is 5.06. The van der Waals surface area contributed by atoms with E-state index in [0.29, 0.717) is 0 Å². The Hall–Kier alpha value is -0.850. The molecule has 0 fully saturated rings. The van der Waals surface area contributed by atoms with Crippen LogP contribution in [-0.4, -0.2) is 4.98 Å². The summed E-state index contributed by atoms with van der Waals surface area (Å²) in [5.41, 5.74) is 1.26. The Morgan fingerprint density at radius 2 is 1.69 bits per heavy atom. The molecule has 1 heterocycles. The topological polar surface area (TPSA) is 12.9 Å². The fourth-order valence-corrected chi connectivity index (χ4v) is 1.94. The minimum Gasteiger partial charge on any atom is -0.264 e. The molecule has 0 aliphatic carbocycles. The minimum atomic E-state index is 1.14. The van der Waals surface area contributed by atoms with Crippen molar-refractivity contribution in [3.05, 3.63) is 30.1 Å². The first-order chi connectivity index (χ1) is 7.93. The zero-order valence-electron chi connectivity index (χ0n) is 10.5. The lowest BCUT2D eigenvalue weighted by atomic mass is 10.1. The average molecular weight is 218 g/mol. The third-order valence-corrected chi connectivity index (χ3v) is 2.96. The number of hydrogen-bond donors (Lipinski definition) is 0. The highest BCUT2D eigenvalue weighted by Crippen LogP contribution is 2.10. The van der Waals surface area contributed by atoms with Crippen molar-refractivity contribution in [1.29, 1.82) is 0 Å². The molecule has 0 atom stereocenters.